The Hall–Kier alpha value is 0.383. The van der Waals surface area contributed by atoms with Gasteiger partial charge in [-0.25, -0.2) is 0 Å². The molecule has 0 bridgehead atoms. The van der Waals surface area contributed by atoms with Gasteiger partial charge in [0.15, 0.2) is 0 Å². The van der Waals surface area contributed by atoms with Crippen molar-refractivity contribution in [1.29, 1.82) is 0 Å². The van der Waals surface area contributed by atoms with Gasteiger partial charge in [-0.05, 0) is 0 Å². The third-order valence-electron chi connectivity index (χ3n) is 0. The minimum absolute atomic E-state index is 0. The van der Waals surface area contributed by atoms with Crippen LogP contribution in [0.5, 0.6) is 0 Å². The van der Waals surface area contributed by atoms with Gasteiger partial charge in [0.2, 0.25) is 0 Å². The van der Waals surface area contributed by atoms with Crippen LogP contribution in [0.4, 0.5) is 0 Å². The van der Waals surface area contributed by atoms with Gasteiger partial charge in [-0.15, -0.1) is 0 Å². The van der Waals surface area contributed by atoms with Crippen LogP contribution in [-0.2, 0) is 19.5 Å². The first-order valence-electron chi connectivity index (χ1n) is 0. The monoisotopic (exact) mass is 205 g/mol. The van der Waals surface area contributed by atoms with Crippen LogP contribution in [0.15, 0.2) is 0 Å². The molecule has 0 heterocycles. The fraction of sp³-hybridized carbons (Fsp3) is 0. The molecule has 57 valence electrons. The van der Waals surface area contributed by atoms with Gasteiger partial charge in [0.25, 0.3) is 0 Å². The summed E-state index contributed by atoms with van der Waals surface area (Å²) in [4.78, 5) is 0. The summed E-state index contributed by atoms with van der Waals surface area (Å²) in [5, 5.41) is 0. The van der Waals surface area contributed by atoms with Crippen LogP contribution in [0.3, 0.4) is 0 Å². The summed E-state index contributed by atoms with van der Waals surface area (Å²) < 4.78 is 0. The molecule has 0 unspecified atom stereocenters. The Morgan fingerprint density at radius 2 is 0.286 bits per heavy atom. The number of hydrogen-bond donors (Lipinski definition) is 6. The van der Waals surface area contributed by atoms with E-state index in [0.29, 0.717) is 0 Å². The minimum Gasteiger partial charge on any atom is -0.344 e. The Morgan fingerprint density at radius 1 is 0.286 bits per heavy atom. The first-order valence-corrected chi connectivity index (χ1v) is 0. The molecule has 0 amide bonds. The fourth-order valence-electron chi connectivity index (χ4n) is 0. The van der Waals surface area contributed by atoms with Crippen molar-refractivity contribution in [3.63, 3.8) is 0 Å². The van der Waals surface area contributed by atoms with Crippen molar-refractivity contribution in [3.8, 4) is 0 Å². The van der Waals surface area contributed by atoms with Crippen LogP contribution in [0.25, 0.3) is 0 Å². The van der Waals surface area contributed by atoms with Gasteiger partial charge in [-0.2, -0.15) is 0 Å². The molecule has 7 heteroatoms. The summed E-state index contributed by atoms with van der Waals surface area (Å²) in [5.74, 6) is 0. The summed E-state index contributed by atoms with van der Waals surface area (Å²) in [6.45, 7) is 0. The number of rotatable bonds is 0. The molecule has 0 aromatic carbocycles. The van der Waals surface area contributed by atoms with Crippen LogP contribution in [0.1, 0.15) is 0 Å². The average molecular weight is 205 g/mol. The SMILES string of the molecule is N.N.N.N.N.N.[Rh]. The summed E-state index contributed by atoms with van der Waals surface area (Å²) in [6.07, 6.45) is 0. The van der Waals surface area contributed by atoms with Crippen molar-refractivity contribution in [2.45, 2.75) is 0 Å². The van der Waals surface area contributed by atoms with Gasteiger partial charge in [0.05, 0.1) is 0 Å². The smallest absolute Gasteiger partial charge is 0 e. The van der Waals surface area contributed by atoms with E-state index in [9.17, 15) is 0 Å². The Bertz CT molecular complexity index is 4.14. The van der Waals surface area contributed by atoms with E-state index in [4.69, 9.17) is 0 Å². The van der Waals surface area contributed by atoms with Crippen molar-refractivity contribution >= 4 is 0 Å². The molecular weight excluding hydrogens is 187 g/mol. The fourth-order valence-corrected chi connectivity index (χ4v) is 0. The van der Waals surface area contributed by atoms with E-state index in [1.54, 1.807) is 0 Å². The largest absolute Gasteiger partial charge is 0.344 e. The molecule has 0 aliphatic heterocycles. The van der Waals surface area contributed by atoms with Gasteiger partial charge in [0.1, 0.15) is 0 Å². The molecule has 0 saturated carbocycles. The van der Waals surface area contributed by atoms with Crippen molar-refractivity contribution in [2.24, 2.45) is 0 Å². The van der Waals surface area contributed by atoms with E-state index in [0.717, 1.165) is 0 Å². The predicted octanol–water partition coefficient (Wildman–Crippen LogP) is 0.969. The van der Waals surface area contributed by atoms with E-state index in [2.05, 4.69) is 0 Å². The third-order valence-corrected chi connectivity index (χ3v) is 0. The summed E-state index contributed by atoms with van der Waals surface area (Å²) in [7, 11) is 0. The van der Waals surface area contributed by atoms with E-state index >= 15 is 0 Å². The molecule has 0 aromatic rings. The molecule has 0 aromatic heterocycles. The van der Waals surface area contributed by atoms with Gasteiger partial charge in [-0.1, -0.05) is 0 Å². The van der Waals surface area contributed by atoms with Gasteiger partial charge in [-0.3, -0.25) is 0 Å². The van der Waals surface area contributed by atoms with Crippen LogP contribution in [-0.4, -0.2) is 0 Å². The molecule has 0 spiro atoms. The van der Waals surface area contributed by atoms with Crippen molar-refractivity contribution in [3.05, 3.63) is 0 Å². The molecule has 18 N–H and O–H groups in total. The predicted molar refractivity (Wildman–Crippen MR) is 30.1 cm³/mol. The normalized spacial score (nSPS) is 0. The maximum absolute atomic E-state index is 0. The van der Waals surface area contributed by atoms with E-state index < -0.39 is 0 Å². The summed E-state index contributed by atoms with van der Waals surface area (Å²) in [6, 6.07) is 0. The Labute approximate surface area is 57.1 Å². The van der Waals surface area contributed by atoms with Crippen molar-refractivity contribution in [2.75, 3.05) is 0 Å². The van der Waals surface area contributed by atoms with Crippen molar-refractivity contribution in [1.82, 2.24) is 36.9 Å². The molecule has 7 heavy (non-hydrogen) atoms. The molecule has 0 rings (SSSR count). The van der Waals surface area contributed by atoms with Gasteiger partial charge < -0.3 is 36.9 Å². The third kappa shape index (κ3) is 834. The summed E-state index contributed by atoms with van der Waals surface area (Å²) >= 11 is 0. The number of hydrogen-bond acceptors (Lipinski definition) is 6. The second kappa shape index (κ2) is 1260. The van der Waals surface area contributed by atoms with Crippen LogP contribution >= 0.6 is 0 Å². The van der Waals surface area contributed by atoms with Crippen molar-refractivity contribution < 1.29 is 19.5 Å². The van der Waals surface area contributed by atoms with Crippen LogP contribution in [0, 0.1) is 0 Å². The maximum Gasteiger partial charge on any atom is 0 e. The second-order valence-electron chi connectivity index (χ2n) is 0. The quantitative estimate of drug-likeness (QED) is 0.316. The Kier molecular flexibility index (Phi) is 368000. The zero-order valence-electron chi connectivity index (χ0n) is 4.58. The zero-order chi connectivity index (χ0) is 0. The van der Waals surface area contributed by atoms with Crippen LogP contribution in [0.2, 0.25) is 0 Å². The molecule has 0 atom stereocenters. The molecule has 0 aliphatic rings. The Balaban J connectivity index is 0. The zero-order valence-corrected chi connectivity index (χ0v) is 6.21. The topological polar surface area (TPSA) is 210 Å². The van der Waals surface area contributed by atoms with Crippen LogP contribution < -0.4 is 36.9 Å². The average Bonchev–Trinajstić information content (AvgIpc) is 0. The Morgan fingerprint density at radius 3 is 0.286 bits per heavy atom. The van der Waals surface area contributed by atoms with E-state index in [1.807, 2.05) is 0 Å². The standard InChI is InChI=1S/6H3N.Rh/h6*1H3;. The maximum atomic E-state index is 0. The second-order valence-corrected chi connectivity index (χ2v) is 0. The van der Waals surface area contributed by atoms with Gasteiger partial charge >= 0.3 is 0 Å². The van der Waals surface area contributed by atoms with E-state index in [1.165, 1.54) is 0 Å². The first-order chi connectivity index (χ1) is 0. The van der Waals surface area contributed by atoms with Gasteiger partial charge in [0, 0.05) is 19.5 Å². The minimum atomic E-state index is 0. The molecule has 0 fully saturated rings. The summed E-state index contributed by atoms with van der Waals surface area (Å²) in [5.41, 5.74) is 0. The molecule has 0 aliphatic carbocycles. The molecule has 0 saturated heterocycles. The molecule has 6 nitrogen and oxygen atoms in total. The first kappa shape index (κ1) is 2050. The molecule has 1 radical (unpaired) electrons. The molecular formula is H18N6Rh. The van der Waals surface area contributed by atoms with E-state index in [-0.39, 0.29) is 56.4 Å².